The van der Waals surface area contributed by atoms with E-state index >= 15 is 0 Å². The van der Waals surface area contributed by atoms with Crippen molar-refractivity contribution in [2.45, 2.75) is 35.1 Å². The molecule has 1 fully saturated rings. The fourth-order valence-electron chi connectivity index (χ4n) is 4.97. The summed E-state index contributed by atoms with van der Waals surface area (Å²) in [4.78, 5) is 16.8. The van der Waals surface area contributed by atoms with Gasteiger partial charge in [-0.15, -0.1) is 0 Å². The number of hydrogen-bond donors (Lipinski definition) is 1. The SMILES string of the molecule is COc1ccc(CCN2CCC(NS(=O)(=O)c3ccc(N(C)C(=O)/C=C/c4ccc(S(C)(=O)=O)cc4)cc3)CC2)cc1OC. The zero-order chi connectivity index (χ0) is 31.9. The molecule has 1 aliphatic rings. The van der Waals surface area contributed by atoms with Crippen molar-refractivity contribution in [1.29, 1.82) is 0 Å². The molecular weight excluding hydrogens is 603 g/mol. The number of likely N-dealkylation sites (N-methyl/N-ethyl adjacent to an activating group) is 1. The van der Waals surface area contributed by atoms with Crippen molar-refractivity contribution in [2.75, 3.05) is 52.1 Å². The Balaban J connectivity index is 1.27. The number of anilines is 1. The van der Waals surface area contributed by atoms with Crippen molar-refractivity contribution in [3.63, 3.8) is 0 Å². The predicted octanol–water partition coefficient (Wildman–Crippen LogP) is 3.77. The zero-order valence-corrected chi connectivity index (χ0v) is 27.0. The van der Waals surface area contributed by atoms with Crippen LogP contribution in [0.1, 0.15) is 24.0 Å². The number of benzene rings is 3. The standard InChI is InChI=1S/C32H39N3O7S2/c1-34(32(36)16-8-24-5-11-28(12-6-24)43(4,37)38)27-9-13-29(14-10-27)44(39,40)33-26-18-21-35(22-19-26)20-17-25-7-15-30(41-2)31(23-25)42-3/h5-16,23,26,33H,17-22H2,1-4H3/b16-8+. The Kier molecular flexibility index (Phi) is 10.8. The molecule has 1 saturated heterocycles. The lowest BCUT2D eigenvalue weighted by Crippen LogP contribution is -2.45. The molecule has 3 aromatic carbocycles. The second-order valence-corrected chi connectivity index (χ2v) is 14.5. The van der Waals surface area contributed by atoms with Gasteiger partial charge in [0.2, 0.25) is 10.0 Å². The Hall–Kier alpha value is -3.71. The second kappa shape index (κ2) is 14.4. The van der Waals surface area contributed by atoms with Crippen LogP contribution < -0.4 is 19.1 Å². The number of amides is 1. The molecule has 10 nitrogen and oxygen atoms in total. The summed E-state index contributed by atoms with van der Waals surface area (Å²) in [6, 6.07) is 18.2. The Morgan fingerprint density at radius 1 is 0.909 bits per heavy atom. The van der Waals surface area contributed by atoms with E-state index in [0.717, 1.165) is 37.9 Å². The van der Waals surface area contributed by atoms with E-state index < -0.39 is 19.9 Å². The first-order valence-corrected chi connectivity index (χ1v) is 17.6. The van der Waals surface area contributed by atoms with Gasteiger partial charge in [-0.2, -0.15) is 0 Å². The first-order chi connectivity index (χ1) is 20.9. The summed E-state index contributed by atoms with van der Waals surface area (Å²) in [6.45, 7) is 2.46. The van der Waals surface area contributed by atoms with Crippen LogP contribution in [0.3, 0.4) is 0 Å². The number of nitrogens with zero attached hydrogens (tertiary/aromatic N) is 2. The van der Waals surface area contributed by atoms with Gasteiger partial charge in [0.1, 0.15) is 0 Å². The highest BCUT2D eigenvalue weighted by atomic mass is 32.2. The monoisotopic (exact) mass is 641 g/mol. The van der Waals surface area contributed by atoms with Crippen molar-refractivity contribution in [1.82, 2.24) is 9.62 Å². The summed E-state index contributed by atoms with van der Waals surface area (Å²) in [5.41, 5.74) is 2.36. The minimum absolute atomic E-state index is 0.138. The lowest BCUT2D eigenvalue weighted by molar-refractivity contribution is -0.113. The second-order valence-electron chi connectivity index (χ2n) is 10.7. The zero-order valence-electron chi connectivity index (χ0n) is 25.4. The van der Waals surface area contributed by atoms with Crippen LogP contribution in [-0.4, -0.2) is 80.8 Å². The third-order valence-corrected chi connectivity index (χ3v) is 10.3. The fraction of sp³-hybridized carbons (Fsp3) is 0.344. The molecule has 0 aromatic heterocycles. The molecule has 44 heavy (non-hydrogen) atoms. The molecule has 4 rings (SSSR count). The van der Waals surface area contributed by atoms with Crippen molar-refractivity contribution in [3.05, 3.63) is 83.9 Å². The van der Waals surface area contributed by atoms with Gasteiger partial charge in [-0.1, -0.05) is 18.2 Å². The molecule has 1 heterocycles. The van der Waals surface area contributed by atoms with Crippen LogP contribution in [0.2, 0.25) is 0 Å². The van der Waals surface area contributed by atoms with Gasteiger partial charge in [0.05, 0.1) is 24.0 Å². The summed E-state index contributed by atoms with van der Waals surface area (Å²) in [6.07, 6.45) is 6.39. The topological polar surface area (TPSA) is 122 Å². The summed E-state index contributed by atoms with van der Waals surface area (Å²) in [5, 5.41) is 0. The number of sulfonamides is 1. The Morgan fingerprint density at radius 2 is 1.52 bits per heavy atom. The normalized spacial score (nSPS) is 14.9. The molecule has 3 aromatic rings. The van der Waals surface area contributed by atoms with Gasteiger partial charge in [-0.3, -0.25) is 4.79 Å². The molecule has 0 radical (unpaired) electrons. The lowest BCUT2D eigenvalue weighted by Gasteiger charge is -2.32. The Morgan fingerprint density at radius 3 is 2.11 bits per heavy atom. The smallest absolute Gasteiger partial charge is 0.250 e. The predicted molar refractivity (Wildman–Crippen MR) is 171 cm³/mol. The minimum atomic E-state index is -3.72. The summed E-state index contributed by atoms with van der Waals surface area (Å²) >= 11 is 0. The van der Waals surface area contributed by atoms with Crippen molar-refractivity contribution in [2.24, 2.45) is 0 Å². The number of rotatable bonds is 12. The number of methoxy groups -OCH3 is 2. The number of hydrogen-bond acceptors (Lipinski definition) is 8. The van der Waals surface area contributed by atoms with E-state index in [-0.39, 0.29) is 21.7 Å². The van der Waals surface area contributed by atoms with Gasteiger partial charge in [0.25, 0.3) is 5.91 Å². The van der Waals surface area contributed by atoms with Crippen LogP contribution in [0.25, 0.3) is 6.08 Å². The maximum atomic E-state index is 13.1. The summed E-state index contributed by atoms with van der Waals surface area (Å²) in [7, 11) is -2.19. The van der Waals surface area contributed by atoms with Crippen LogP contribution in [0, 0.1) is 0 Å². The van der Waals surface area contributed by atoms with E-state index in [9.17, 15) is 21.6 Å². The van der Waals surface area contributed by atoms with Crippen molar-refractivity contribution in [3.8, 4) is 11.5 Å². The number of nitrogens with one attached hydrogen (secondary N) is 1. The van der Waals surface area contributed by atoms with E-state index in [1.165, 1.54) is 35.2 Å². The van der Waals surface area contributed by atoms with E-state index in [0.29, 0.717) is 35.6 Å². The Labute approximate surface area is 260 Å². The molecule has 236 valence electrons. The van der Waals surface area contributed by atoms with E-state index in [1.807, 2.05) is 18.2 Å². The minimum Gasteiger partial charge on any atom is -0.493 e. The molecule has 0 unspecified atom stereocenters. The third-order valence-electron chi connectivity index (χ3n) is 7.67. The highest BCUT2D eigenvalue weighted by molar-refractivity contribution is 7.90. The Bertz CT molecular complexity index is 1680. The summed E-state index contributed by atoms with van der Waals surface area (Å²) < 4.78 is 63.0. The highest BCUT2D eigenvalue weighted by Crippen LogP contribution is 2.28. The fourth-order valence-corrected chi connectivity index (χ4v) is 6.90. The van der Waals surface area contributed by atoms with E-state index in [1.54, 1.807) is 51.6 Å². The third kappa shape index (κ3) is 8.69. The molecule has 1 aliphatic heterocycles. The number of carbonyl (C=O) groups excluding carboxylic acids is 1. The summed E-state index contributed by atoms with van der Waals surface area (Å²) in [5.74, 6) is 1.09. The van der Waals surface area contributed by atoms with Crippen molar-refractivity contribution < 1.29 is 31.1 Å². The maximum Gasteiger partial charge on any atom is 0.250 e. The van der Waals surface area contributed by atoms with Gasteiger partial charge in [-0.25, -0.2) is 21.6 Å². The molecule has 1 N–H and O–H groups in total. The largest absolute Gasteiger partial charge is 0.493 e. The average Bonchev–Trinajstić information content (AvgIpc) is 3.02. The lowest BCUT2D eigenvalue weighted by atomic mass is 10.0. The maximum absolute atomic E-state index is 13.1. The van der Waals surface area contributed by atoms with Gasteiger partial charge in [-0.05, 0) is 98.1 Å². The first kappa shape index (κ1) is 33.2. The van der Waals surface area contributed by atoms with Gasteiger partial charge in [0.15, 0.2) is 21.3 Å². The first-order valence-electron chi connectivity index (χ1n) is 14.2. The van der Waals surface area contributed by atoms with Gasteiger partial charge >= 0.3 is 0 Å². The average molecular weight is 642 g/mol. The van der Waals surface area contributed by atoms with Crippen LogP contribution in [0.15, 0.2) is 82.6 Å². The van der Waals surface area contributed by atoms with Crippen molar-refractivity contribution >= 4 is 37.5 Å². The highest BCUT2D eigenvalue weighted by Gasteiger charge is 2.25. The van der Waals surface area contributed by atoms with E-state index in [4.69, 9.17) is 9.47 Å². The van der Waals surface area contributed by atoms with Crippen LogP contribution >= 0.6 is 0 Å². The number of sulfone groups is 1. The van der Waals surface area contributed by atoms with Gasteiger partial charge < -0.3 is 19.3 Å². The molecule has 0 bridgehead atoms. The van der Waals surface area contributed by atoms with E-state index in [2.05, 4.69) is 9.62 Å². The van der Waals surface area contributed by atoms with Crippen LogP contribution in [-0.2, 0) is 31.1 Å². The number of carbonyl (C=O) groups is 1. The molecule has 0 aliphatic carbocycles. The quantitative estimate of drug-likeness (QED) is 0.297. The number of likely N-dealkylation sites (tertiary alicyclic amines) is 1. The molecule has 0 spiro atoms. The molecule has 12 heteroatoms. The van der Waals surface area contributed by atoms with Crippen LogP contribution in [0.5, 0.6) is 11.5 Å². The number of piperidine rings is 1. The molecule has 0 saturated carbocycles. The number of ether oxygens (including phenoxy) is 2. The molecule has 0 atom stereocenters. The molecular formula is C32H39N3O7S2. The van der Waals surface area contributed by atoms with Crippen LogP contribution in [0.4, 0.5) is 5.69 Å². The van der Waals surface area contributed by atoms with Gasteiger partial charge in [0, 0.05) is 37.7 Å². The molecule has 1 amide bonds.